The number of hydrogen-bond donors (Lipinski definition) is 3. The molecular formula is C12H18ClN3O3. The van der Waals surface area contributed by atoms with Crippen molar-refractivity contribution in [3.8, 4) is 5.75 Å². The summed E-state index contributed by atoms with van der Waals surface area (Å²) in [5.41, 5.74) is 6.55. The Kier molecular flexibility index (Phi) is 6.89. The molecule has 1 atom stereocenters. The molecule has 0 aromatic heterocycles. The van der Waals surface area contributed by atoms with Crippen LogP contribution in [0.25, 0.3) is 0 Å². The molecule has 0 aliphatic rings. The number of carbonyl (C=O) groups excluding carboxylic acids is 2. The van der Waals surface area contributed by atoms with Gasteiger partial charge in [0, 0.05) is 18.7 Å². The predicted molar refractivity (Wildman–Crippen MR) is 76.8 cm³/mol. The molecule has 0 unspecified atom stereocenters. The molecule has 106 valence electrons. The Labute approximate surface area is 118 Å². The van der Waals surface area contributed by atoms with Crippen LogP contribution in [-0.4, -0.2) is 25.0 Å². The highest BCUT2D eigenvalue weighted by Crippen LogP contribution is 2.27. The second-order valence-corrected chi connectivity index (χ2v) is 3.87. The normalized spacial score (nSPS) is 10.9. The van der Waals surface area contributed by atoms with Crippen LogP contribution in [0.2, 0.25) is 0 Å². The van der Waals surface area contributed by atoms with Crippen LogP contribution in [0.4, 0.5) is 11.4 Å². The van der Waals surface area contributed by atoms with Crippen molar-refractivity contribution in [2.24, 2.45) is 5.73 Å². The highest BCUT2D eigenvalue weighted by atomic mass is 35.5. The number of carbonyl (C=O) groups is 2. The molecule has 1 aromatic rings. The summed E-state index contributed by atoms with van der Waals surface area (Å²) in [6, 6.07) is 4.34. The molecule has 19 heavy (non-hydrogen) atoms. The number of rotatable bonds is 4. The predicted octanol–water partition coefficient (Wildman–Crippen LogP) is 1.36. The van der Waals surface area contributed by atoms with Gasteiger partial charge in [0.1, 0.15) is 5.75 Å². The third-order valence-electron chi connectivity index (χ3n) is 2.19. The van der Waals surface area contributed by atoms with E-state index >= 15 is 0 Å². The number of anilines is 2. The fourth-order valence-corrected chi connectivity index (χ4v) is 1.32. The van der Waals surface area contributed by atoms with Gasteiger partial charge in [-0.1, -0.05) is 0 Å². The van der Waals surface area contributed by atoms with Crippen molar-refractivity contribution < 1.29 is 14.3 Å². The van der Waals surface area contributed by atoms with Gasteiger partial charge in [-0.2, -0.15) is 0 Å². The highest BCUT2D eigenvalue weighted by molar-refractivity contribution is 5.96. The minimum atomic E-state index is -0.592. The van der Waals surface area contributed by atoms with E-state index in [0.29, 0.717) is 17.1 Å². The van der Waals surface area contributed by atoms with Crippen LogP contribution < -0.4 is 21.1 Å². The topological polar surface area (TPSA) is 93.4 Å². The van der Waals surface area contributed by atoms with Gasteiger partial charge in [0.2, 0.25) is 11.8 Å². The largest absolute Gasteiger partial charge is 0.494 e. The van der Waals surface area contributed by atoms with Gasteiger partial charge in [-0.3, -0.25) is 9.59 Å². The van der Waals surface area contributed by atoms with Crippen molar-refractivity contribution in [3.63, 3.8) is 0 Å². The van der Waals surface area contributed by atoms with Crippen molar-refractivity contribution >= 4 is 35.6 Å². The van der Waals surface area contributed by atoms with Gasteiger partial charge in [0.05, 0.1) is 18.8 Å². The molecule has 7 heteroatoms. The van der Waals surface area contributed by atoms with E-state index < -0.39 is 6.04 Å². The second-order valence-electron chi connectivity index (χ2n) is 3.87. The SMILES string of the molecule is COc1cc(NC(=O)[C@H](C)N)ccc1NC(C)=O.Cl. The number of methoxy groups -OCH3 is 1. The van der Waals surface area contributed by atoms with Gasteiger partial charge in [0.25, 0.3) is 0 Å². The lowest BCUT2D eigenvalue weighted by Crippen LogP contribution is -2.32. The second kappa shape index (κ2) is 7.60. The average molecular weight is 288 g/mol. The number of amides is 2. The van der Waals surface area contributed by atoms with Crippen molar-refractivity contribution in [2.45, 2.75) is 19.9 Å². The zero-order chi connectivity index (χ0) is 13.7. The number of nitrogens with two attached hydrogens (primary N) is 1. The van der Waals surface area contributed by atoms with Gasteiger partial charge in [0.15, 0.2) is 0 Å². The molecule has 1 rings (SSSR count). The number of hydrogen-bond acceptors (Lipinski definition) is 4. The number of halogens is 1. The number of benzene rings is 1. The van der Waals surface area contributed by atoms with Gasteiger partial charge in [-0.05, 0) is 19.1 Å². The van der Waals surface area contributed by atoms with Crippen LogP contribution in [0, 0.1) is 0 Å². The van der Waals surface area contributed by atoms with E-state index in [0.717, 1.165) is 0 Å². The number of ether oxygens (including phenoxy) is 1. The Morgan fingerprint density at radius 2 is 1.95 bits per heavy atom. The van der Waals surface area contributed by atoms with E-state index in [1.807, 2.05) is 0 Å². The van der Waals surface area contributed by atoms with Crippen LogP contribution in [0.5, 0.6) is 5.75 Å². The quantitative estimate of drug-likeness (QED) is 0.779. The van der Waals surface area contributed by atoms with E-state index in [2.05, 4.69) is 10.6 Å². The van der Waals surface area contributed by atoms with Crippen LogP contribution in [-0.2, 0) is 9.59 Å². The minimum absolute atomic E-state index is 0. The molecule has 0 aliphatic carbocycles. The van der Waals surface area contributed by atoms with Crippen molar-refractivity contribution in [1.82, 2.24) is 0 Å². The van der Waals surface area contributed by atoms with Gasteiger partial charge < -0.3 is 21.1 Å². The van der Waals surface area contributed by atoms with E-state index in [1.165, 1.54) is 14.0 Å². The highest BCUT2D eigenvalue weighted by Gasteiger charge is 2.10. The van der Waals surface area contributed by atoms with Crippen molar-refractivity contribution in [2.75, 3.05) is 17.7 Å². The Bertz CT molecular complexity index is 464. The van der Waals surface area contributed by atoms with Gasteiger partial charge >= 0.3 is 0 Å². The molecule has 0 saturated heterocycles. The third kappa shape index (κ3) is 5.15. The minimum Gasteiger partial charge on any atom is -0.494 e. The molecule has 0 spiro atoms. The lowest BCUT2D eigenvalue weighted by atomic mass is 10.2. The molecule has 1 aromatic carbocycles. The van der Waals surface area contributed by atoms with E-state index in [-0.39, 0.29) is 24.2 Å². The lowest BCUT2D eigenvalue weighted by Gasteiger charge is -2.12. The molecule has 2 amide bonds. The van der Waals surface area contributed by atoms with Crippen LogP contribution in [0.15, 0.2) is 18.2 Å². The first kappa shape index (κ1) is 17.2. The summed E-state index contributed by atoms with van der Waals surface area (Å²) in [5, 5.41) is 5.27. The summed E-state index contributed by atoms with van der Waals surface area (Å²) in [5.74, 6) is -0.0160. The molecule has 4 N–H and O–H groups in total. The summed E-state index contributed by atoms with van der Waals surface area (Å²) < 4.78 is 5.13. The maximum absolute atomic E-state index is 11.4. The number of nitrogens with one attached hydrogen (secondary N) is 2. The standard InChI is InChI=1S/C12H17N3O3.ClH/c1-7(13)12(17)15-9-4-5-10(14-8(2)16)11(6-9)18-3;/h4-7H,13H2,1-3H3,(H,14,16)(H,15,17);1H/t7-;/m0./s1. The van der Waals surface area contributed by atoms with Gasteiger partial charge in [-0.15, -0.1) is 12.4 Å². The zero-order valence-electron chi connectivity index (χ0n) is 11.0. The van der Waals surface area contributed by atoms with E-state index in [1.54, 1.807) is 25.1 Å². The van der Waals surface area contributed by atoms with Crippen LogP contribution in [0.3, 0.4) is 0 Å². The Balaban J connectivity index is 0.00000324. The van der Waals surface area contributed by atoms with Crippen molar-refractivity contribution in [1.29, 1.82) is 0 Å². The van der Waals surface area contributed by atoms with E-state index in [9.17, 15) is 9.59 Å². The maximum Gasteiger partial charge on any atom is 0.241 e. The maximum atomic E-state index is 11.4. The van der Waals surface area contributed by atoms with Crippen LogP contribution in [0.1, 0.15) is 13.8 Å². The summed E-state index contributed by atoms with van der Waals surface area (Å²) in [6.07, 6.45) is 0. The van der Waals surface area contributed by atoms with E-state index in [4.69, 9.17) is 10.5 Å². The molecule has 0 fully saturated rings. The van der Waals surface area contributed by atoms with Gasteiger partial charge in [-0.25, -0.2) is 0 Å². The van der Waals surface area contributed by atoms with Crippen LogP contribution >= 0.6 is 12.4 Å². The molecule has 0 saturated carbocycles. The monoisotopic (exact) mass is 287 g/mol. The summed E-state index contributed by atoms with van der Waals surface area (Å²) >= 11 is 0. The third-order valence-corrected chi connectivity index (χ3v) is 2.19. The summed E-state index contributed by atoms with van der Waals surface area (Å²) in [4.78, 5) is 22.4. The van der Waals surface area contributed by atoms with Crippen molar-refractivity contribution in [3.05, 3.63) is 18.2 Å². The molecular weight excluding hydrogens is 270 g/mol. The Morgan fingerprint density at radius 3 is 2.42 bits per heavy atom. The molecule has 0 radical (unpaired) electrons. The Hall–Kier alpha value is -1.79. The smallest absolute Gasteiger partial charge is 0.241 e. The fourth-order valence-electron chi connectivity index (χ4n) is 1.32. The molecule has 0 heterocycles. The fraction of sp³-hybridized carbons (Fsp3) is 0.333. The summed E-state index contributed by atoms with van der Waals surface area (Å²) in [6.45, 7) is 3.00. The molecule has 6 nitrogen and oxygen atoms in total. The summed E-state index contributed by atoms with van der Waals surface area (Å²) in [7, 11) is 1.48. The average Bonchev–Trinajstić information content (AvgIpc) is 2.30. The zero-order valence-corrected chi connectivity index (χ0v) is 11.8. The molecule has 0 aliphatic heterocycles. The first-order chi connectivity index (χ1) is 8.43. The first-order valence-electron chi connectivity index (χ1n) is 5.46. The Morgan fingerprint density at radius 1 is 1.32 bits per heavy atom. The molecule has 0 bridgehead atoms. The first-order valence-corrected chi connectivity index (χ1v) is 5.46. The lowest BCUT2D eigenvalue weighted by molar-refractivity contribution is -0.117.